The SMILES string of the molecule is C[C@@H]1[C@@H]2CCCC3CCC4(C)OOC32[C@@H](O4)O[C@]1(C)Br. The van der Waals surface area contributed by atoms with Crippen LogP contribution in [0.2, 0.25) is 0 Å². The molecule has 0 N–H and O–H groups in total. The van der Waals surface area contributed by atoms with E-state index in [0.717, 1.165) is 19.3 Å². The van der Waals surface area contributed by atoms with Crippen LogP contribution in [0.3, 0.4) is 0 Å². The Morgan fingerprint density at radius 2 is 1.85 bits per heavy atom. The van der Waals surface area contributed by atoms with Crippen molar-refractivity contribution in [1.29, 1.82) is 0 Å². The Hall–Kier alpha value is 0.320. The summed E-state index contributed by atoms with van der Waals surface area (Å²) < 4.78 is 12.1. The van der Waals surface area contributed by atoms with E-state index in [4.69, 9.17) is 19.2 Å². The largest absolute Gasteiger partial charge is 0.332 e. The summed E-state index contributed by atoms with van der Waals surface area (Å²) in [7, 11) is 0. The molecule has 4 aliphatic heterocycles. The molecule has 20 heavy (non-hydrogen) atoms. The molecule has 1 aliphatic carbocycles. The Bertz CT molecular complexity index is 428. The van der Waals surface area contributed by atoms with Crippen molar-refractivity contribution in [2.24, 2.45) is 17.8 Å². The van der Waals surface area contributed by atoms with Crippen LogP contribution in [0.4, 0.5) is 0 Å². The summed E-state index contributed by atoms with van der Waals surface area (Å²) in [6.07, 6.45) is 5.24. The van der Waals surface area contributed by atoms with Gasteiger partial charge < -0.3 is 9.47 Å². The summed E-state index contributed by atoms with van der Waals surface area (Å²) in [5.74, 6) is 0.575. The lowest BCUT2D eigenvalue weighted by atomic mass is 9.60. The monoisotopic (exact) mass is 346 g/mol. The standard InChI is InChI=1S/C15H23BrO4/c1-9-11-6-4-5-10-7-8-13(2)17-12(18-14(9,3)16)15(10,11)20-19-13/h9-12H,4-8H2,1-3H3/t9-,10?,11+,12+,13?,14+,15?/m1/s1. The summed E-state index contributed by atoms with van der Waals surface area (Å²) in [5.41, 5.74) is -0.416. The molecular weight excluding hydrogens is 324 g/mol. The quantitative estimate of drug-likeness (QED) is 0.494. The van der Waals surface area contributed by atoms with Gasteiger partial charge in [0.05, 0.1) is 0 Å². The van der Waals surface area contributed by atoms with Gasteiger partial charge in [-0.3, -0.25) is 0 Å². The van der Waals surface area contributed by atoms with Crippen molar-refractivity contribution in [3.05, 3.63) is 0 Å². The van der Waals surface area contributed by atoms with Gasteiger partial charge >= 0.3 is 0 Å². The van der Waals surface area contributed by atoms with Gasteiger partial charge in [0.1, 0.15) is 4.51 Å². The Kier molecular flexibility index (Phi) is 2.92. The van der Waals surface area contributed by atoms with E-state index in [2.05, 4.69) is 29.8 Å². The maximum atomic E-state index is 6.29. The Labute approximate surface area is 128 Å². The molecule has 0 aromatic heterocycles. The van der Waals surface area contributed by atoms with Gasteiger partial charge in [0.15, 0.2) is 11.9 Å². The second-order valence-electron chi connectivity index (χ2n) is 7.27. The average molecular weight is 347 g/mol. The number of ether oxygens (including phenoxy) is 2. The van der Waals surface area contributed by atoms with Crippen molar-refractivity contribution in [3.8, 4) is 0 Å². The third-order valence-electron chi connectivity index (χ3n) is 6.07. The topological polar surface area (TPSA) is 36.9 Å². The molecule has 0 aromatic carbocycles. The number of alkyl halides is 1. The average Bonchev–Trinajstić information content (AvgIpc) is 2.61. The van der Waals surface area contributed by atoms with Gasteiger partial charge in [-0.25, -0.2) is 9.78 Å². The van der Waals surface area contributed by atoms with E-state index in [0.29, 0.717) is 17.8 Å². The van der Waals surface area contributed by atoms with Gasteiger partial charge in [0.2, 0.25) is 5.79 Å². The van der Waals surface area contributed by atoms with Gasteiger partial charge in [0, 0.05) is 18.3 Å². The van der Waals surface area contributed by atoms with Crippen molar-refractivity contribution in [3.63, 3.8) is 0 Å². The van der Waals surface area contributed by atoms with Crippen molar-refractivity contribution in [2.45, 2.75) is 75.1 Å². The molecule has 5 aliphatic rings. The molecule has 5 heteroatoms. The van der Waals surface area contributed by atoms with Gasteiger partial charge in [-0.15, -0.1) is 0 Å². The van der Waals surface area contributed by atoms with E-state index < -0.39 is 11.4 Å². The summed E-state index contributed by atoms with van der Waals surface area (Å²) in [4.78, 5) is 11.7. The normalized spacial score (nSPS) is 61.8. The predicted octanol–water partition coefficient (Wildman–Crippen LogP) is 3.73. The fraction of sp³-hybridized carbons (Fsp3) is 1.00. The van der Waals surface area contributed by atoms with Crippen LogP contribution in [0.25, 0.3) is 0 Å². The molecule has 1 saturated carbocycles. The van der Waals surface area contributed by atoms with E-state index >= 15 is 0 Å². The zero-order valence-corrected chi connectivity index (χ0v) is 13.9. The summed E-state index contributed by atoms with van der Waals surface area (Å²) in [5, 5.41) is 0. The minimum atomic E-state index is -0.665. The first-order chi connectivity index (χ1) is 9.37. The molecular formula is C15H23BrO4. The zero-order chi connectivity index (χ0) is 14.2. The molecule has 2 bridgehead atoms. The van der Waals surface area contributed by atoms with E-state index in [9.17, 15) is 0 Å². The molecule has 4 heterocycles. The lowest BCUT2D eigenvalue weighted by molar-refractivity contribution is -0.570. The number of hydrogen-bond donors (Lipinski definition) is 0. The van der Waals surface area contributed by atoms with Gasteiger partial charge in [0.25, 0.3) is 0 Å². The minimum absolute atomic E-state index is 0.334. The highest BCUT2D eigenvalue weighted by Gasteiger charge is 2.69. The molecule has 0 radical (unpaired) electrons. The maximum Gasteiger partial charge on any atom is 0.201 e. The fourth-order valence-electron chi connectivity index (χ4n) is 4.71. The number of rotatable bonds is 0. The first-order valence-corrected chi connectivity index (χ1v) is 8.58. The summed E-state index contributed by atoms with van der Waals surface area (Å²) >= 11 is 3.76. The third kappa shape index (κ3) is 1.67. The molecule has 3 unspecified atom stereocenters. The molecule has 7 atom stereocenters. The van der Waals surface area contributed by atoms with Crippen LogP contribution in [-0.4, -0.2) is 22.2 Å². The zero-order valence-electron chi connectivity index (χ0n) is 12.4. The molecule has 0 aromatic rings. The molecule has 5 rings (SSSR count). The fourth-order valence-corrected chi connectivity index (χ4v) is 5.20. The van der Waals surface area contributed by atoms with Crippen LogP contribution in [0.5, 0.6) is 0 Å². The molecule has 4 saturated heterocycles. The highest BCUT2D eigenvalue weighted by Crippen LogP contribution is 2.61. The Morgan fingerprint density at radius 3 is 2.65 bits per heavy atom. The smallest absolute Gasteiger partial charge is 0.201 e. The van der Waals surface area contributed by atoms with E-state index in [1.165, 1.54) is 12.8 Å². The maximum absolute atomic E-state index is 6.29. The van der Waals surface area contributed by atoms with Crippen LogP contribution >= 0.6 is 15.9 Å². The van der Waals surface area contributed by atoms with Crippen molar-refractivity contribution >= 4 is 15.9 Å². The first kappa shape index (κ1) is 13.9. The Morgan fingerprint density at radius 1 is 1.05 bits per heavy atom. The van der Waals surface area contributed by atoms with Crippen LogP contribution in [0.15, 0.2) is 0 Å². The molecule has 5 fully saturated rings. The van der Waals surface area contributed by atoms with Crippen LogP contribution in [0.1, 0.15) is 52.9 Å². The van der Waals surface area contributed by atoms with Crippen LogP contribution in [-0.2, 0) is 19.2 Å². The van der Waals surface area contributed by atoms with Crippen molar-refractivity contribution < 1.29 is 19.2 Å². The summed E-state index contributed by atoms with van der Waals surface area (Å²) in [6.45, 7) is 6.30. The first-order valence-electron chi connectivity index (χ1n) is 7.79. The highest BCUT2D eigenvalue weighted by molar-refractivity contribution is 9.10. The second-order valence-corrected chi connectivity index (χ2v) is 8.84. The lowest BCUT2D eigenvalue weighted by Gasteiger charge is -2.60. The lowest BCUT2D eigenvalue weighted by Crippen LogP contribution is -2.70. The van der Waals surface area contributed by atoms with E-state index in [-0.39, 0.29) is 10.8 Å². The number of hydrogen-bond acceptors (Lipinski definition) is 4. The number of halogens is 1. The van der Waals surface area contributed by atoms with E-state index in [1.807, 2.05) is 6.92 Å². The van der Waals surface area contributed by atoms with Crippen LogP contribution in [0, 0.1) is 17.8 Å². The van der Waals surface area contributed by atoms with Crippen LogP contribution < -0.4 is 0 Å². The summed E-state index contributed by atoms with van der Waals surface area (Å²) in [6, 6.07) is 0. The number of fused-ring (bicyclic) bond motifs is 2. The van der Waals surface area contributed by atoms with E-state index in [1.54, 1.807) is 0 Å². The van der Waals surface area contributed by atoms with Gasteiger partial charge in [-0.2, -0.15) is 0 Å². The highest BCUT2D eigenvalue weighted by atomic mass is 79.9. The molecule has 1 spiro atoms. The third-order valence-corrected chi connectivity index (χ3v) is 6.98. The van der Waals surface area contributed by atoms with Gasteiger partial charge in [-0.05, 0) is 39.0 Å². The molecule has 114 valence electrons. The van der Waals surface area contributed by atoms with Crippen molar-refractivity contribution in [1.82, 2.24) is 0 Å². The predicted molar refractivity (Wildman–Crippen MR) is 75.8 cm³/mol. The molecule has 4 nitrogen and oxygen atoms in total. The van der Waals surface area contributed by atoms with Gasteiger partial charge in [-0.1, -0.05) is 29.3 Å². The minimum Gasteiger partial charge on any atom is -0.332 e. The Balaban J connectivity index is 1.82. The van der Waals surface area contributed by atoms with Crippen molar-refractivity contribution in [2.75, 3.05) is 0 Å². The second kappa shape index (κ2) is 4.19. The molecule has 0 amide bonds.